The van der Waals surface area contributed by atoms with E-state index in [9.17, 15) is 14.5 Å². The molecule has 0 spiro atoms. The van der Waals surface area contributed by atoms with Crippen molar-refractivity contribution in [3.05, 3.63) is 33.6 Å². The summed E-state index contributed by atoms with van der Waals surface area (Å²) in [4.78, 5) is 10.3. The molecule has 0 aromatic heterocycles. The third kappa shape index (κ3) is 3.32. The van der Waals surface area contributed by atoms with Crippen LogP contribution in [-0.4, -0.2) is 17.4 Å². The van der Waals surface area contributed by atoms with E-state index in [1.807, 2.05) is 13.8 Å². The van der Waals surface area contributed by atoms with Gasteiger partial charge in [-0.2, -0.15) is 0 Å². The number of nitro groups is 1. The molecule has 18 heavy (non-hydrogen) atoms. The van der Waals surface area contributed by atoms with E-state index in [-0.39, 0.29) is 22.7 Å². The van der Waals surface area contributed by atoms with Gasteiger partial charge in [-0.1, -0.05) is 13.8 Å². The van der Waals surface area contributed by atoms with Crippen molar-refractivity contribution in [2.75, 3.05) is 7.11 Å². The highest BCUT2D eigenvalue weighted by atomic mass is 35.5. The first-order valence-electron chi connectivity index (χ1n) is 5.51. The van der Waals surface area contributed by atoms with Crippen molar-refractivity contribution >= 4 is 17.3 Å². The molecule has 1 atom stereocenters. The van der Waals surface area contributed by atoms with Gasteiger partial charge in [0.15, 0.2) is 11.6 Å². The lowest BCUT2D eigenvalue weighted by atomic mass is 10.0. The van der Waals surface area contributed by atoms with Gasteiger partial charge in [-0.25, -0.2) is 4.39 Å². The Bertz CT molecular complexity index is 451. The van der Waals surface area contributed by atoms with Gasteiger partial charge >= 0.3 is 0 Å². The van der Waals surface area contributed by atoms with Crippen LogP contribution in [0, 0.1) is 21.8 Å². The van der Waals surface area contributed by atoms with E-state index in [1.165, 1.54) is 13.2 Å². The van der Waals surface area contributed by atoms with Crippen LogP contribution in [0.25, 0.3) is 0 Å². The van der Waals surface area contributed by atoms with Gasteiger partial charge < -0.3 is 4.74 Å². The second-order valence-electron chi connectivity index (χ2n) is 4.34. The first-order valence-corrected chi connectivity index (χ1v) is 5.95. The Hall–Kier alpha value is -1.36. The molecule has 0 fully saturated rings. The molecule has 1 aromatic rings. The van der Waals surface area contributed by atoms with Crippen LogP contribution in [0.3, 0.4) is 0 Å². The number of benzene rings is 1. The number of nitro benzene ring substituents is 1. The molecule has 0 saturated carbocycles. The SMILES string of the molecule is COc1cc(CC(Cl)C(C)C)c([N+](=O)[O-])cc1F. The van der Waals surface area contributed by atoms with Crippen LogP contribution in [0.4, 0.5) is 10.1 Å². The number of alkyl halides is 1. The summed E-state index contributed by atoms with van der Waals surface area (Å²) >= 11 is 6.11. The number of halogens is 2. The molecule has 0 N–H and O–H groups in total. The molecule has 1 unspecified atom stereocenters. The molecular weight excluding hydrogens is 261 g/mol. The molecule has 0 aliphatic rings. The Morgan fingerprint density at radius 2 is 2.11 bits per heavy atom. The molecule has 0 amide bonds. The molecule has 0 aliphatic heterocycles. The number of rotatable bonds is 5. The maximum Gasteiger partial charge on any atom is 0.275 e. The van der Waals surface area contributed by atoms with Crippen molar-refractivity contribution < 1.29 is 14.1 Å². The van der Waals surface area contributed by atoms with E-state index in [4.69, 9.17) is 16.3 Å². The molecule has 0 saturated heterocycles. The minimum absolute atomic E-state index is 0.0109. The maximum absolute atomic E-state index is 13.4. The van der Waals surface area contributed by atoms with E-state index in [2.05, 4.69) is 0 Å². The molecule has 6 heteroatoms. The van der Waals surface area contributed by atoms with E-state index in [0.717, 1.165) is 6.07 Å². The first kappa shape index (κ1) is 14.7. The fraction of sp³-hybridized carbons (Fsp3) is 0.500. The Kier molecular flexibility index (Phi) is 4.90. The van der Waals surface area contributed by atoms with E-state index in [1.54, 1.807) is 0 Å². The predicted molar refractivity (Wildman–Crippen MR) is 67.8 cm³/mol. The highest BCUT2D eigenvalue weighted by Crippen LogP contribution is 2.30. The number of nitrogens with zero attached hydrogens (tertiary/aromatic N) is 1. The van der Waals surface area contributed by atoms with Gasteiger partial charge in [-0.05, 0) is 18.4 Å². The molecule has 0 aliphatic carbocycles. The van der Waals surface area contributed by atoms with Gasteiger partial charge in [0, 0.05) is 10.9 Å². The van der Waals surface area contributed by atoms with Crippen molar-refractivity contribution in [2.45, 2.75) is 25.6 Å². The van der Waals surface area contributed by atoms with Gasteiger partial charge in [0.2, 0.25) is 0 Å². The average molecular weight is 276 g/mol. The zero-order valence-electron chi connectivity index (χ0n) is 10.4. The first-order chi connectivity index (χ1) is 8.36. The standard InChI is InChI=1S/C12H15ClFNO3/c1-7(2)9(13)4-8-5-12(18-3)10(14)6-11(8)15(16)17/h5-7,9H,4H2,1-3H3. The third-order valence-electron chi connectivity index (χ3n) is 2.69. The fourth-order valence-electron chi connectivity index (χ4n) is 1.52. The topological polar surface area (TPSA) is 52.4 Å². The molecule has 0 radical (unpaired) electrons. The summed E-state index contributed by atoms with van der Waals surface area (Å²) in [5.41, 5.74) is 0.117. The normalized spacial score (nSPS) is 12.6. The van der Waals surface area contributed by atoms with Crippen LogP contribution in [0.15, 0.2) is 12.1 Å². The lowest BCUT2D eigenvalue weighted by molar-refractivity contribution is -0.385. The second-order valence-corrected chi connectivity index (χ2v) is 4.90. The zero-order valence-corrected chi connectivity index (χ0v) is 11.2. The molecule has 0 heterocycles. The summed E-state index contributed by atoms with van der Waals surface area (Å²) in [6, 6.07) is 2.21. The summed E-state index contributed by atoms with van der Waals surface area (Å²) in [5, 5.41) is 10.6. The Balaban J connectivity index is 3.18. The van der Waals surface area contributed by atoms with Crippen LogP contribution in [0.2, 0.25) is 0 Å². The lowest BCUT2D eigenvalue weighted by Crippen LogP contribution is -2.12. The van der Waals surface area contributed by atoms with Crippen LogP contribution >= 0.6 is 11.6 Å². The van der Waals surface area contributed by atoms with E-state index >= 15 is 0 Å². The van der Waals surface area contributed by atoms with Crippen molar-refractivity contribution in [1.82, 2.24) is 0 Å². The number of ether oxygens (including phenoxy) is 1. The number of hydrogen-bond acceptors (Lipinski definition) is 3. The van der Waals surface area contributed by atoms with Gasteiger partial charge in [0.25, 0.3) is 5.69 Å². The minimum atomic E-state index is -0.747. The lowest BCUT2D eigenvalue weighted by Gasteiger charge is -2.14. The second kappa shape index (κ2) is 6.00. The third-order valence-corrected chi connectivity index (χ3v) is 3.35. The van der Waals surface area contributed by atoms with E-state index < -0.39 is 10.7 Å². The smallest absolute Gasteiger partial charge is 0.275 e. The quantitative estimate of drug-likeness (QED) is 0.469. The van der Waals surface area contributed by atoms with E-state index in [0.29, 0.717) is 12.0 Å². The summed E-state index contributed by atoms with van der Waals surface area (Å²) in [6.45, 7) is 3.84. The van der Waals surface area contributed by atoms with Crippen LogP contribution < -0.4 is 4.74 Å². The maximum atomic E-state index is 13.4. The minimum Gasteiger partial charge on any atom is -0.494 e. The molecule has 4 nitrogen and oxygen atoms in total. The number of hydrogen-bond donors (Lipinski definition) is 0. The monoisotopic (exact) mass is 275 g/mol. The van der Waals surface area contributed by atoms with Crippen LogP contribution in [0.5, 0.6) is 5.75 Å². The van der Waals surface area contributed by atoms with Gasteiger partial charge in [0.05, 0.1) is 18.1 Å². The zero-order chi connectivity index (χ0) is 13.9. The largest absolute Gasteiger partial charge is 0.494 e. The summed E-state index contributed by atoms with van der Waals surface area (Å²) < 4.78 is 18.2. The fourth-order valence-corrected chi connectivity index (χ4v) is 1.69. The summed E-state index contributed by atoms with van der Waals surface area (Å²) in [6.07, 6.45) is 0.298. The van der Waals surface area contributed by atoms with Gasteiger partial charge in [-0.3, -0.25) is 10.1 Å². The highest BCUT2D eigenvalue weighted by Gasteiger charge is 2.22. The molecule has 0 bridgehead atoms. The molecule has 1 aromatic carbocycles. The summed E-state index contributed by atoms with van der Waals surface area (Å²) in [7, 11) is 1.31. The van der Waals surface area contributed by atoms with Gasteiger partial charge in [0.1, 0.15) is 0 Å². The van der Waals surface area contributed by atoms with Crippen molar-refractivity contribution in [3.63, 3.8) is 0 Å². The number of methoxy groups -OCH3 is 1. The molecular formula is C12H15ClFNO3. The molecule has 1 rings (SSSR count). The summed E-state index contributed by atoms with van der Waals surface area (Å²) in [5.74, 6) is -0.589. The van der Waals surface area contributed by atoms with Crippen LogP contribution in [-0.2, 0) is 6.42 Å². The molecule has 100 valence electrons. The highest BCUT2D eigenvalue weighted by molar-refractivity contribution is 6.20. The van der Waals surface area contributed by atoms with Crippen molar-refractivity contribution in [2.24, 2.45) is 5.92 Å². The average Bonchev–Trinajstić information content (AvgIpc) is 2.30. The van der Waals surface area contributed by atoms with Crippen LogP contribution in [0.1, 0.15) is 19.4 Å². The Morgan fingerprint density at radius 3 is 2.56 bits per heavy atom. The Labute approximate surface area is 110 Å². The Morgan fingerprint density at radius 1 is 1.50 bits per heavy atom. The van der Waals surface area contributed by atoms with Gasteiger partial charge in [-0.15, -0.1) is 11.6 Å². The van der Waals surface area contributed by atoms with Crippen molar-refractivity contribution in [1.29, 1.82) is 0 Å². The van der Waals surface area contributed by atoms with Crippen molar-refractivity contribution in [3.8, 4) is 5.75 Å². The predicted octanol–water partition coefficient (Wildman–Crippen LogP) is 3.55.